The lowest BCUT2D eigenvalue weighted by molar-refractivity contribution is 0.0984. The number of carbonyl (C=O) groups is 3. The van der Waals surface area contributed by atoms with E-state index in [0.29, 0.717) is 11.3 Å². The number of aromatic amines is 1. The topological polar surface area (TPSA) is 121 Å². The van der Waals surface area contributed by atoms with Gasteiger partial charge in [-0.25, -0.2) is 4.39 Å². The summed E-state index contributed by atoms with van der Waals surface area (Å²) < 4.78 is 13.6. The van der Waals surface area contributed by atoms with Gasteiger partial charge in [-0.2, -0.15) is 5.10 Å². The number of nitrogens with one attached hydrogen (secondary N) is 2. The molecule has 0 bridgehead atoms. The Balaban J connectivity index is 1.74. The molecule has 0 unspecified atom stereocenters. The number of aromatic nitrogens is 2. The van der Waals surface area contributed by atoms with E-state index in [0.717, 1.165) is 12.1 Å². The molecule has 4 N–H and O–H groups in total. The molecule has 0 aliphatic rings. The van der Waals surface area contributed by atoms with Gasteiger partial charge in [-0.1, -0.05) is 23.2 Å². The molecule has 0 aliphatic carbocycles. The van der Waals surface area contributed by atoms with Crippen LogP contribution in [-0.4, -0.2) is 35.0 Å². The Labute approximate surface area is 179 Å². The van der Waals surface area contributed by atoms with Gasteiger partial charge < -0.3 is 16.0 Å². The number of H-pyrrole nitrogens is 1. The van der Waals surface area contributed by atoms with Crippen LogP contribution >= 0.6 is 23.2 Å². The van der Waals surface area contributed by atoms with Crippen molar-refractivity contribution < 1.29 is 18.8 Å². The van der Waals surface area contributed by atoms with Crippen molar-refractivity contribution in [3.05, 3.63) is 75.1 Å². The molecule has 0 saturated heterocycles. The van der Waals surface area contributed by atoms with E-state index in [1.54, 1.807) is 12.1 Å². The number of anilines is 2. The zero-order chi connectivity index (χ0) is 22.0. The van der Waals surface area contributed by atoms with Gasteiger partial charge in [0.15, 0.2) is 5.82 Å². The quantitative estimate of drug-likeness (QED) is 0.516. The number of primary amides is 1. The molecule has 11 heteroatoms. The smallest absolute Gasteiger partial charge is 0.276 e. The summed E-state index contributed by atoms with van der Waals surface area (Å²) in [6.45, 7) is 0. The molecule has 2 aromatic carbocycles. The molecule has 30 heavy (non-hydrogen) atoms. The summed E-state index contributed by atoms with van der Waals surface area (Å²) in [6.07, 6.45) is 0. The van der Waals surface area contributed by atoms with Gasteiger partial charge >= 0.3 is 0 Å². The second-order valence-electron chi connectivity index (χ2n) is 6.14. The van der Waals surface area contributed by atoms with Crippen molar-refractivity contribution in [3.63, 3.8) is 0 Å². The Morgan fingerprint density at radius 2 is 1.77 bits per heavy atom. The fourth-order valence-electron chi connectivity index (χ4n) is 2.52. The van der Waals surface area contributed by atoms with Crippen LogP contribution in [0.25, 0.3) is 0 Å². The van der Waals surface area contributed by atoms with E-state index in [4.69, 9.17) is 28.9 Å². The fourth-order valence-corrected chi connectivity index (χ4v) is 2.99. The van der Waals surface area contributed by atoms with Crippen LogP contribution in [0.3, 0.4) is 0 Å². The normalized spacial score (nSPS) is 10.5. The molecule has 3 aromatic rings. The van der Waals surface area contributed by atoms with Gasteiger partial charge in [0.2, 0.25) is 5.91 Å². The SMILES string of the molecule is CN(C(=O)c1cc(NC(=O)c2cc(F)c(Cl)cc2Cl)n[nH]1)c1ccc(C(N)=O)cc1. The third-order valence-corrected chi connectivity index (χ3v) is 4.75. The van der Waals surface area contributed by atoms with Gasteiger partial charge in [0.05, 0.1) is 15.6 Å². The van der Waals surface area contributed by atoms with E-state index >= 15 is 0 Å². The minimum atomic E-state index is -0.798. The number of hydrogen-bond donors (Lipinski definition) is 3. The van der Waals surface area contributed by atoms with Gasteiger partial charge in [-0.15, -0.1) is 0 Å². The average molecular weight is 450 g/mol. The standard InChI is InChI=1S/C19H14Cl2FN5O3/c1-27(10-4-2-9(3-5-10)17(23)28)19(30)15-8-16(26-25-15)24-18(29)11-6-14(22)13(21)7-12(11)20/h2-8H,1H3,(H2,23,28)(H2,24,25,26,29). The first-order chi connectivity index (χ1) is 14.2. The summed E-state index contributed by atoms with van der Waals surface area (Å²) in [4.78, 5) is 37.4. The maximum Gasteiger partial charge on any atom is 0.276 e. The molecule has 154 valence electrons. The third-order valence-electron chi connectivity index (χ3n) is 4.15. The predicted octanol–water partition coefficient (Wildman–Crippen LogP) is 3.48. The number of nitrogens with two attached hydrogens (primary N) is 1. The highest BCUT2D eigenvalue weighted by atomic mass is 35.5. The molecule has 0 spiro atoms. The van der Waals surface area contributed by atoms with Crippen molar-refractivity contribution in [1.82, 2.24) is 10.2 Å². The number of carbonyl (C=O) groups excluding carboxylic acids is 3. The number of halogens is 3. The summed E-state index contributed by atoms with van der Waals surface area (Å²) in [7, 11) is 1.52. The van der Waals surface area contributed by atoms with Crippen LogP contribution in [0.4, 0.5) is 15.9 Å². The summed E-state index contributed by atoms with van der Waals surface area (Å²) in [6, 6.07) is 9.45. The maximum atomic E-state index is 13.6. The number of nitrogens with zero attached hydrogens (tertiary/aromatic N) is 2. The lowest BCUT2D eigenvalue weighted by Gasteiger charge is -2.16. The molecule has 8 nitrogen and oxygen atoms in total. The van der Waals surface area contributed by atoms with E-state index in [1.807, 2.05) is 0 Å². The van der Waals surface area contributed by atoms with Gasteiger partial charge in [-0.05, 0) is 36.4 Å². The Morgan fingerprint density at radius 3 is 2.40 bits per heavy atom. The molecule has 0 radical (unpaired) electrons. The van der Waals surface area contributed by atoms with E-state index < -0.39 is 23.5 Å². The zero-order valence-electron chi connectivity index (χ0n) is 15.4. The summed E-state index contributed by atoms with van der Waals surface area (Å²) in [5.41, 5.74) is 5.96. The van der Waals surface area contributed by atoms with Crippen LogP contribution in [0.5, 0.6) is 0 Å². The molecule has 0 saturated carbocycles. The molecule has 1 aromatic heterocycles. The Hall–Kier alpha value is -3.43. The Morgan fingerprint density at radius 1 is 1.10 bits per heavy atom. The lowest BCUT2D eigenvalue weighted by Crippen LogP contribution is -2.26. The number of rotatable bonds is 5. The largest absolute Gasteiger partial charge is 0.366 e. The van der Waals surface area contributed by atoms with Gasteiger partial charge in [0, 0.05) is 24.4 Å². The van der Waals surface area contributed by atoms with E-state index in [2.05, 4.69) is 15.5 Å². The molecule has 0 fully saturated rings. The lowest BCUT2D eigenvalue weighted by atomic mass is 10.2. The fraction of sp³-hybridized carbons (Fsp3) is 0.0526. The van der Waals surface area contributed by atoms with Crippen molar-refractivity contribution in [3.8, 4) is 0 Å². The molecule has 0 aliphatic heterocycles. The Kier molecular flexibility index (Phi) is 6.04. The van der Waals surface area contributed by atoms with Gasteiger partial charge in [0.1, 0.15) is 11.5 Å². The van der Waals surface area contributed by atoms with Gasteiger partial charge in [-0.3, -0.25) is 19.5 Å². The summed E-state index contributed by atoms with van der Waals surface area (Å²) in [5.74, 6) is -2.52. The monoisotopic (exact) mass is 449 g/mol. The highest BCUT2D eigenvalue weighted by Gasteiger charge is 2.19. The van der Waals surface area contributed by atoms with Crippen molar-refractivity contribution in [2.75, 3.05) is 17.3 Å². The highest BCUT2D eigenvalue weighted by Crippen LogP contribution is 2.25. The minimum Gasteiger partial charge on any atom is -0.366 e. The number of benzene rings is 2. The second kappa shape index (κ2) is 8.52. The summed E-state index contributed by atoms with van der Waals surface area (Å²) >= 11 is 11.5. The first-order valence-electron chi connectivity index (χ1n) is 8.36. The molecular formula is C19H14Cl2FN5O3. The molecule has 1 heterocycles. The van der Waals surface area contributed by atoms with E-state index in [9.17, 15) is 18.8 Å². The zero-order valence-corrected chi connectivity index (χ0v) is 16.9. The Bertz CT molecular complexity index is 1150. The van der Waals surface area contributed by atoms with Crippen LogP contribution in [0.1, 0.15) is 31.2 Å². The maximum absolute atomic E-state index is 13.6. The third kappa shape index (κ3) is 4.42. The van der Waals surface area contributed by atoms with Crippen molar-refractivity contribution in [2.45, 2.75) is 0 Å². The first-order valence-corrected chi connectivity index (χ1v) is 9.12. The minimum absolute atomic E-state index is 0.0345. The highest BCUT2D eigenvalue weighted by molar-refractivity contribution is 6.37. The van der Waals surface area contributed by atoms with Crippen molar-refractivity contribution in [2.24, 2.45) is 5.73 Å². The van der Waals surface area contributed by atoms with Crippen molar-refractivity contribution >= 4 is 52.4 Å². The molecule has 0 atom stereocenters. The average Bonchev–Trinajstić information content (AvgIpc) is 3.18. The summed E-state index contributed by atoms with van der Waals surface area (Å²) in [5, 5.41) is 8.55. The second-order valence-corrected chi connectivity index (χ2v) is 6.96. The number of amides is 3. The molecular weight excluding hydrogens is 436 g/mol. The number of hydrogen-bond acceptors (Lipinski definition) is 4. The first kappa shape index (κ1) is 21.3. The van der Waals surface area contributed by atoms with Crippen molar-refractivity contribution in [1.29, 1.82) is 0 Å². The van der Waals surface area contributed by atoms with Crippen LogP contribution < -0.4 is 16.0 Å². The van der Waals surface area contributed by atoms with E-state index in [-0.39, 0.29) is 27.1 Å². The van der Waals surface area contributed by atoms with E-state index in [1.165, 1.54) is 30.1 Å². The van der Waals surface area contributed by atoms with Crippen LogP contribution in [0.2, 0.25) is 10.0 Å². The molecule has 3 amide bonds. The van der Waals surface area contributed by atoms with Crippen LogP contribution in [0, 0.1) is 5.82 Å². The van der Waals surface area contributed by atoms with Crippen LogP contribution in [-0.2, 0) is 0 Å². The van der Waals surface area contributed by atoms with Crippen LogP contribution in [0.15, 0.2) is 42.5 Å². The molecule has 3 rings (SSSR count). The predicted molar refractivity (Wildman–Crippen MR) is 111 cm³/mol. The van der Waals surface area contributed by atoms with Gasteiger partial charge in [0.25, 0.3) is 11.8 Å².